The molecule has 0 spiro atoms. The van der Waals surface area contributed by atoms with Gasteiger partial charge >= 0.3 is 0 Å². The summed E-state index contributed by atoms with van der Waals surface area (Å²) >= 11 is 6.11. The molecular formula is C21H24ClFN2O. The van der Waals surface area contributed by atoms with Crippen molar-refractivity contribution in [1.29, 1.82) is 0 Å². The molecule has 0 aliphatic carbocycles. The third kappa shape index (κ3) is 4.63. The first-order chi connectivity index (χ1) is 12.5. The minimum absolute atomic E-state index is 0.000971. The second-order valence-electron chi connectivity index (χ2n) is 6.89. The van der Waals surface area contributed by atoms with Gasteiger partial charge in [0.05, 0.1) is 6.04 Å². The van der Waals surface area contributed by atoms with Crippen molar-refractivity contribution in [2.45, 2.75) is 32.4 Å². The van der Waals surface area contributed by atoms with Gasteiger partial charge in [-0.05, 0) is 50.6 Å². The molecule has 0 radical (unpaired) electrons. The van der Waals surface area contributed by atoms with Gasteiger partial charge in [0.1, 0.15) is 5.82 Å². The fourth-order valence-corrected chi connectivity index (χ4v) is 3.64. The van der Waals surface area contributed by atoms with Crippen molar-refractivity contribution < 1.29 is 9.18 Å². The van der Waals surface area contributed by atoms with E-state index in [0.29, 0.717) is 17.1 Å². The van der Waals surface area contributed by atoms with Crippen LogP contribution in [0.25, 0.3) is 0 Å². The summed E-state index contributed by atoms with van der Waals surface area (Å²) in [6.07, 6.45) is 1.55. The normalized spacial score (nSPS) is 17.0. The first-order valence-electron chi connectivity index (χ1n) is 9.05. The SMILES string of the molecule is CC(NC(=O)C1CCN(Cc2c(F)cccc2Cl)CC1)c1ccccc1. The van der Waals surface area contributed by atoms with Gasteiger partial charge in [0, 0.05) is 23.0 Å². The summed E-state index contributed by atoms with van der Waals surface area (Å²) in [5, 5.41) is 3.57. The Morgan fingerprint density at radius 1 is 1.19 bits per heavy atom. The molecule has 26 heavy (non-hydrogen) atoms. The van der Waals surface area contributed by atoms with Crippen LogP contribution in [0.3, 0.4) is 0 Å². The standard InChI is InChI=1S/C21H24ClFN2O/c1-15(16-6-3-2-4-7-16)24-21(26)17-10-12-25(13-11-17)14-18-19(22)8-5-9-20(18)23/h2-9,15,17H,10-14H2,1H3,(H,24,26). The monoisotopic (exact) mass is 374 g/mol. The molecule has 1 atom stereocenters. The second-order valence-corrected chi connectivity index (χ2v) is 7.30. The summed E-state index contributed by atoms with van der Waals surface area (Å²) < 4.78 is 13.9. The van der Waals surface area contributed by atoms with Crippen LogP contribution in [0.4, 0.5) is 4.39 Å². The smallest absolute Gasteiger partial charge is 0.223 e. The van der Waals surface area contributed by atoms with E-state index in [9.17, 15) is 9.18 Å². The topological polar surface area (TPSA) is 32.3 Å². The number of amides is 1. The van der Waals surface area contributed by atoms with Gasteiger partial charge in [0.15, 0.2) is 0 Å². The van der Waals surface area contributed by atoms with Gasteiger partial charge in [-0.3, -0.25) is 9.69 Å². The number of nitrogens with one attached hydrogen (secondary N) is 1. The van der Waals surface area contributed by atoms with E-state index >= 15 is 0 Å². The highest BCUT2D eigenvalue weighted by Crippen LogP contribution is 2.25. The fourth-order valence-electron chi connectivity index (χ4n) is 3.42. The molecule has 1 fully saturated rings. The summed E-state index contributed by atoms with van der Waals surface area (Å²) in [4.78, 5) is 14.7. The van der Waals surface area contributed by atoms with Crippen LogP contribution in [0.2, 0.25) is 5.02 Å². The molecule has 1 aliphatic heterocycles. The zero-order valence-electron chi connectivity index (χ0n) is 14.9. The lowest BCUT2D eigenvalue weighted by molar-refractivity contribution is -0.127. The number of carbonyl (C=O) groups is 1. The van der Waals surface area contributed by atoms with Crippen LogP contribution in [0.1, 0.15) is 36.9 Å². The van der Waals surface area contributed by atoms with Gasteiger partial charge in [-0.1, -0.05) is 48.0 Å². The molecule has 0 bridgehead atoms. The fraction of sp³-hybridized carbons (Fsp3) is 0.381. The number of rotatable bonds is 5. The van der Waals surface area contributed by atoms with E-state index in [1.54, 1.807) is 12.1 Å². The number of hydrogen-bond donors (Lipinski definition) is 1. The van der Waals surface area contributed by atoms with Crippen molar-refractivity contribution in [3.63, 3.8) is 0 Å². The molecule has 1 unspecified atom stereocenters. The molecule has 5 heteroatoms. The Balaban J connectivity index is 1.51. The summed E-state index contributed by atoms with van der Waals surface area (Å²) in [6, 6.07) is 14.7. The van der Waals surface area contributed by atoms with Gasteiger partial charge < -0.3 is 5.32 Å². The Hall–Kier alpha value is -1.91. The number of halogens is 2. The van der Waals surface area contributed by atoms with Crippen LogP contribution in [0.15, 0.2) is 48.5 Å². The van der Waals surface area contributed by atoms with Gasteiger partial charge in [-0.15, -0.1) is 0 Å². The highest BCUT2D eigenvalue weighted by molar-refractivity contribution is 6.31. The Labute approximate surface area is 159 Å². The van der Waals surface area contributed by atoms with Crippen molar-refractivity contribution >= 4 is 17.5 Å². The molecule has 2 aromatic carbocycles. The van der Waals surface area contributed by atoms with E-state index in [1.807, 2.05) is 37.3 Å². The molecule has 1 saturated heterocycles. The number of piperidine rings is 1. The molecule has 3 rings (SSSR count). The molecule has 1 amide bonds. The van der Waals surface area contributed by atoms with E-state index < -0.39 is 0 Å². The lowest BCUT2D eigenvalue weighted by Gasteiger charge is -2.32. The van der Waals surface area contributed by atoms with Crippen LogP contribution >= 0.6 is 11.6 Å². The lowest BCUT2D eigenvalue weighted by Crippen LogP contribution is -2.41. The Morgan fingerprint density at radius 3 is 2.54 bits per heavy atom. The highest BCUT2D eigenvalue weighted by Gasteiger charge is 2.26. The number of nitrogens with zero attached hydrogens (tertiary/aromatic N) is 1. The van der Waals surface area contributed by atoms with E-state index in [1.165, 1.54) is 6.07 Å². The van der Waals surface area contributed by atoms with Crippen molar-refractivity contribution in [3.8, 4) is 0 Å². The minimum Gasteiger partial charge on any atom is -0.349 e. The first kappa shape index (κ1) is 18.9. The third-order valence-electron chi connectivity index (χ3n) is 5.06. The van der Waals surface area contributed by atoms with Crippen LogP contribution in [0.5, 0.6) is 0 Å². The zero-order valence-corrected chi connectivity index (χ0v) is 15.7. The molecule has 0 saturated carbocycles. The first-order valence-corrected chi connectivity index (χ1v) is 9.43. The second kappa shape index (κ2) is 8.65. The number of carbonyl (C=O) groups excluding carboxylic acids is 1. The predicted octanol–water partition coefficient (Wildman–Crippen LogP) is 4.57. The zero-order chi connectivity index (χ0) is 18.5. The molecule has 0 aromatic heterocycles. The highest BCUT2D eigenvalue weighted by atomic mass is 35.5. The summed E-state index contributed by atoms with van der Waals surface area (Å²) in [5.74, 6) is -0.160. The average Bonchev–Trinajstić information content (AvgIpc) is 2.66. The number of hydrogen-bond acceptors (Lipinski definition) is 2. The average molecular weight is 375 g/mol. The van der Waals surface area contributed by atoms with Crippen molar-refractivity contribution in [2.24, 2.45) is 5.92 Å². The molecule has 1 aliphatic rings. The van der Waals surface area contributed by atoms with Gasteiger partial charge in [-0.2, -0.15) is 0 Å². The van der Waals surface area contributed by atoms with E-state index in [-0.39, 0.29) is 23.7 Å². The number of benzene rings is 2. The van der Waals surface area contributed by atoms with Crippen LogP contribution in [0, 0.1) is 11.7 Å². The molecule has 2 aromatic rings. The molecule has 1 N–H and O–H groups in total. The summed E-state index contributed by atoms with van der Waals surface area (Å²) in [5.41, 5.74) is 1.64. The maximum Gasteiger partial charge on any atom is 0.223 e. The third-order valence-corrected chi connectivity index (χ3v) is 5.41. The van der Waals surface area contributed by atoms with Crippen molar-refractivity contribution in [3.05, 3.63) is 70.5 Å². The van der Waals surface area contributed by atoms with Crippen LogP contribution in [-0.4, -0.2) is 23.9 Å². The predicted molar refractivity (Wildman–Crippen MR) is 102 cm³/mol. The minimum atomic E-state index is -0.269. The van der Waals surface area contributed by atoms with E-state index in [2.05, 4.69) is 10.2 Å². The molecule has 138 valence electrons. The van der Waals surface area contributed by atoms with Crippen LogP contribution in [-0.2, 0) is 11.3 Å². The van der Waals surface area contributed by atoms with Gasteiger partial charge in [0.25, 0.3) is 0 Å². The summed E-state index contributed by atoms with van der Waals surface area (Å²) in [6.45, 7) is 4.02. The quantitative estimate of drug-likeness (QED) is 0.831. The maximum absolute atomic E-state index is 13.9. The van der Waals surface area contributed by atoms with Gasteiger partial charge in [-0.25, -0.2) is 4.39 Å². The lowest BCUT2D eigenvalue weighted by atomic mass is 9.95. The summed E-state index contributed by atoms with van der Waals surface area (Å²) in [7, 11) is 0. The van der Waals surface area contributed by atoms with E-state index in [0.717, 1.165) is 31.5 Å². The largest absolute Gasteiger partial charge is 0.349 e. The maximum atomic E-state index is 13.9. The Morgan fingerprint density at radius 2 is 1.88 bits per heavy atom. The molecular weight excluding hydrogens is 351 g/mol. The van der Waals surface area contributed by atoms with Crippen molar-refractivity contribution in [2.75, 3.05) is 13.1 Å². The Bertz CT molecular complexity index is 725. The van der Waals surface area contributed by atoms with E-state index in [4.69, 9.17) is 11.6 Å². The number of likely N-dealkylation sites (tertiary alicyclic amines) is 1. The van der Waals surface area contributed by atoms with Crippen molar-refractivity contribution in [1.82, 2.24) is 10.2 Å². The molecule has 3 nitrogen and oxygen atoms in total. The molecule has 1 heterocycles. The van der Waals surface area contributed by atoms with Gasteiger partial charge in [0.2, 0.25) is 5.91 Å². The van der Waals surface area contributed by atoms with Crippen LogP contribution < -0.4 is 5.32 Å². The Kier molecular flexibility index (Phi) is 6.28.